The summed E-state index contributed by atoms with van der Waals surface area (Å²) >= 11 is 0. The van der Waals surface area contributed by atoms with Gasteiger partial charge in [0.25, 0.3) is 0 Å². The summed E-state index contributed by atoms with van der Waals surface area (Å²) in [7, 11) is 9.14. The van der Waals surface area contributed by atoms with Gasteiger partial charge in [-0.15, -0.1) is 0 Å². The van der Waals surface area contributed by atoms with E-state index in [0.717, 1.165) is 29.7 Å². The van der Waals surface area contributed by atoms with Crippen LogP contribution in [0.5, 0.6) is 28.7 Å². The Morgan fingerprint density at radius 2 is 1.85 bits per heavy atom. The number of ketones is 1. The molecule has 0 bridgehead atoms. The van der Waals surface area contributed by atoms with Gasteiger partial charge in [0.1, 0.15) is 6.04 Å². The first-order valence-corrected chi connectivity index (χ1v) is 10.6. The van der Waals surface area contributed by atoms with Crippen molar-refractivity contribution >= 4 is 11.9 Å². The lowest BCUT2D eigenvalue weighted by Crippen LogP contribution is -3.00. The van der Waals surface area contributed by atoms with Crippen molar-refractivity contribution in [3.8, 4) is 28.7 Å². The summed E-state index contributed by atoms with van der Waals surface area (Å²) in [5.41, 5.74) is 3.07. The van der Waals surface area contributed by atoms with Gasteiger partial charge in [-0.2, -0.15) is 0 Å². The number of benzene rings is 2. The molecular weight excluding hydrogens is 537 g/mol. The van der Waals surface area contributed by atoms with Crippen molar-refractivity contribution in [1.29, 1.82) is 0 Å². The Bertz CT molecular complexity index is 1070. The lowest BCUT2D eigenvalue weighted by molar-refractivity contribution is -0.922. The Labute approximate surface area is 211 Å². The highest BCUT2D eigenvalue weighted by atomic mass is 127. The van der Waals surface area contributed by atoms with E-state index in [-0.39, 0.29) is 42.6 Å². The Balaban J connectivity index is 0.00000306. The molecule has 1 unspecified atom stereocenters. The van der Waals surface area contributed by atoms with Crippen molar-refractivity contribution in [1.82, 2.24) is 0 Å². The van der Waals surface area contributed by atoms with Gasteiger partial charge in [-0.3, -0.25) is 4.79 Å². The van der Waals surface area contributed by atoms with Crippen LogP contribution in [0.3, 0.4) is 0 Å². The Kier molecular flexibility index (Phi) is 7.79. The average Bonchev–Trinajstić information content (AvgIpc) is 3.26. The molecule has 0 N–H and O–H groups in total. The number of carbonyl (C=O) groups excluding carboxylic acids is 1. The van der Waals surface area contributed by atoms with Gasteiger partial charge in [-0.05, 0) is 35.4 Å². The maximum absolute atomic E-state index is 13.0. The molecule has 2 aliphatic heterocycles. The molecule has 178 valence electrons. The van der Waals surface area contributed by atoms with Crippen LogP contribution < -0.4 is 47.7 Å². The van der Waals surface area contributed by atoms with Crippen LogP contribution in [0.15, 0.2) is 30.3 Å². The second kappa shape index (κ2) is 10.2. The van der Waals surface area contributed by atoms with Gasteiger partial charge < -0.3 is 52.1 Å². The minimum absolute atomic E-state index is 0. The summed E-state index contributed by atoms with van der Waals surface area (Å²) in [4.78, 5) is 13.0. The number of methoxy groups -OCH3 is 3. The number of nitrogens with zero attached hydrogens (tertiary/aromatic N) is 1. The molecule has 2 aromatic rings. The van der Waals surface area contributed by atoms with Crippen LogP contribution in [0.4, 0.5) is 0 Å². The molecule has 0 aliphatic carbocycles. The monoisotopic (exact) mass is 567 g/mol. The highest BCUT2D eigenvalue weighted by Gasteiger charge is 2.41. The van der Waals surface area contributed by atoms with Gasteiger partial charge in [-0.1, -0.05) is 12.1 Å². The quantitative estimate of drug-likeness (QED) is 0.280. The maximum atomic E-state index is 13.0. The lowest BCUT2D eigenvalue weighted by atomic mass is 9.86. The SMILES string of the molecule is COc1ccc(/C=C/C(=O)CC2c3c(cc4c(c3OC)OCO4)CC[N+]2(C)C)cc1OC.[I-]. The second-order valence-corrected chi connectivity index (χ2v) is 8.60. The van der Waals surface area contributed by atoms with Crippen molar-refractivity contribution < 1.29 is 56.9 Å². The third-order valence-electron chi connectivity index (χ3n) is 6.35. The maximum Gasteiger partial charge on any atom is 0.231 e. The predicted octanol–water partition coefficient (Wildman–Crippen LogP) is 0.791. The molecule has 8 heteroatoms. The molecular formula is C25H30INO6. The van der Waals surface area contributed by atoms with Crippen molar-refractivity contribution in [2.45, 2.75) is 18.9 Å². The van der Waals surface area contributed by atoms with E-state index in [4.69, 9.17) is 23.7 Å². The highest BCUT2D eigenvalue weighted by molar-refractivity contribution is 5.94. The van der Waals surface area contributed by atoms with E-state index in [1.54, 1.807) is 27.4 Å². The van der Waals surface area contributed by atoms with E-state index < -0.39 is 0 Å². The van der Waals surface area contributed by atoms with Crippen molar-refractivity contribution in [2.24, 2.45) is 0 Å². The molecule has 2 aliphatic rings. The van der Waals surface area contributed by atoms with Crippen molar-refractivity contribution in [3.05, 3.63) is 47.0 Å². The Morgan fingerprint density at radius 1 is 1.09 bits per heavy atom. The van der Waals surface area contributed by atoms with Crippen molar-refractivity contribution in [3.63, 3.8) is 0 Å². The molecule has 0 saturated carbocycles. The van der Waals surface area contributed by atoms with Gasteiger partial charge >= 0.3 is 0 Å². The van der Waals surface area contributed by atoms with Crippen LogP contribution in [0.2, 0.25) is 0 Å². The first-order chi connectivity index (χ1) is 15.4. The summed E-state index contributed by atoms with van der Waals surface area (Å²) in [5.74, 6) is 3.35. The summed E-state index contributed by atoms with van der Waals surface area (Å²) in [5, 5.41) is 0. The molecule has 0 saturated heterocycles. The first kappa shape index (κ1) is 25.2. The fraction of sp³-hybridized carbons (Fsp3) is 0.400. The van der Waals surface area contributed by atoms with Crippen LogP contribution in [0, 0.1) is 0 Å². The highest BCUT2D eigenvalue weighted by Crippen LogP contribution is 2.51. The number of rotatable bonds is 7. The third-order valence-corrected chi connectivity index (χ3v) is 6.35. The standard InChI is InChI=1S/C25H30NO6.HI/c1-26(2)11-10-17-13-22-24(32-15-31-22)25(30-5)23(17)19(26)14-18(27)8-6-16-7-9-20(28-3)21(12-16)29-4;/h6-9,12-13,19H,10-11,14-15H2,1-5H3;1H/q+1;/p-1/b8-6+;. The van der Waals surface area contributed by atoms with E-state index in [2.05, 4.69) is 14.1 Å². The summed E-state index contributed by atoms with van der Waals surface area (Å²) in [6.07, 6.45) is 4.70. The van der Waals surface area contributed by atoms with E-state index in [0.29, 0.717) is 39.7 Å². The van der Waals surface area contributed by atoms with Gasteiger partial charge in [0, 0.05) is 6.42 Å². The predicted molar refractivity (Wildman–Crippen MR) is 121 cm³/mol. The van der Waals surface area contributed by atoms with Crippen LogP contribution >= 0.6 is 0 Å². The third kappa shape index (κ3) is 4.91. The smallest absolute Gasteiger partial charge is 0.231 e. The second-order valence-electron chi connectivity index (χ2n) is 8.60. The molecule has 0 radical (unpaired) electrons. The van der Waals surface area contributed by atoms with Gasteiger partial charge in [0.05, 0.1) is 54.0 Å². The zero-order chi connectivity index (χ0) is 22.9. The van der Waals surface area contributed by atoms with Crippen LogP contribution in [-0.4, -0.2) is 59.0 Å². The minimum Gasteiger partial charge on any atom is -1.00 e. The molecule has 0 aromatic heterocycles. The molecule has 1 atom stereocenters. The first-order valence-electron chi connectivity index (χ1n) is 10.6. The summed E-state index contributed by atoms with van der Waals surface area (Å²) in [6, 6.07) is 7.56. The van der Waals surface area contributed by atoms with Crippen LogP contribution in [0.25, 0.3) is 6.08 Å². The Morgan fingerprint density at radius 3 is 2.55 bits per heavy atom. The number of carbonyl (C=O) groups is 1. The van der Waals surface area contributed by atoms with E-state index in [1.165, 1.54) is 0 Å². The molecule has 7 nitrogen and oxygen atoms in total. The average molecular weight is 567 g/mol. The zero-order valence-corrected chi connectivity index (χ0v) is 21.8. The summed E-state index contributed by atoms with van der Waals surface area (Å²) < 4.78 is 28.4. The summed E-state index contributed by atoms with van der Waals surface area (Å²) in [6.45, 7) is 1.11. The van der Waals surface area contributed by atoms with E-state index in [1.807, 2.05) is 30.3 Å². The molecule has 2 aromatic carbocycles. The number of halogens is 1. The number of hydrogen-bond acceptors (Lipinski definition) is 6. The molecule has 0 spiro atoms. The number of quaternary nitrogens is 1. The molecule has 0 amide bonds. The number of ether oxygens (including phenoxy) is 5. The minimum atomic E-state index is -0.0502. The lowest BCUT2D eigenvalue weighted by Gasteiger charge is -2.43. The van der Waals surface area contributed by atoms with E-state index in [9.17, 15) is 4.79 Å². The van der Waals surface area contributed by atoms with Gasteiger partial charge in [-0.25, -0.2) is 0 Å². The van der Waals surface area contributed by atoms with Gasteiger partial charge in [0.2, 0.25) is 12.5 Å². The fourth-order valence-corrected chi connectivity index (χ4v) is 4.52. The topological polar surface area (TPSA) is 63.2 Å². The molecule has 4 rings (SSSR count). The number of fused-ring (bicyclic) bond motifs is 2. The molecule has 33 heavy (non-hydrogen) atoms. The van der Waals surface area contributed by atoms with Crippen LogP contribution in [-0.2, 0) is 11.2 Å². The fourth-order valence-electron chi connectivity index (χ4n) is 4.52. The largest absolute Gasteiger partial charge is 1.00 e. The molecule has 2 heterocycles. The van der Waals surface area contributed by atoms with E-state index >= 15 is 0 Å². The number of likely N-dealkylation sites (N-methyl/N-ethyl adjacent to an activating group) is 1. The zero-order valence-electron chi connectivity index (χ0n) is 19.6. The van der Waals surface area contributed by atoms with Crippen molar-refractivity contribution in [2.75, 3.05) is 48.8 Å². The van der Waals surface area contributed by atoms with Gasteiger partial charge in [0.15, 0.2) is 28.8 Å². The number of allylic oxidation sites excluding steroid dienone is 1. The molecule has 0 fully saturated rings. The van der Waals surface area contributed by atoms with Crippen LogP contribution in [0.1, 0.15) is 29.2 Å². The Hall–Kier alpha value is -2.46. The normalized spacial score (nSPS) is 17.8. The number of hydrogen-bond donors (Lipinski definition) is 0.